The number of aliphatic hydroxyl groups is 1. The number of anilines is 1. The second kappa shape index (κ2) is 13.7. The highest BCUT2D eigenvalue weighted by Gasteiger charge is 2.31. The van der Waals surface area contributed by atoms with Crippen LogP contribution in [-0.2, 0) is 25.9 Å². The van der Waals surface area contributed by atoms with Crippen molar-refractivity contribution in [3.8, 4) is 0 Å². The summed E-state index contributed by atoms with van der Waals surface area (Å²) in [4.78, 5) is 12.7. The van der Waals surface area contributed by atoms with Gasteiger partial charge in [0.15, 0.2) is 0 Å². The summed E-state index contributed by atoms with van der Waals surface area (Å²) in [6.07, 6.45) is -1.87. The van der Waals surface area contributed by atoms with Crippen molar-refractivity contribution in [2.24, 2.45) is 5.92 Å². The van der Waals surface area contributed by atoms with Crippen molar-refractivity contribution in [3.63, 3.8) is 0 Å². The molecule has 37 heavy (non-hydrogen) atoms. The predicted molar refractivity (Wildman–Crippen MR) is 141 cm³/mol. The van der Waals surface area contributed by atoms with Crippen LogP contribution in [0.1, 0.15) is 19.4 Å². The molecule has 1 aliphatic heterocycles. The number of rotatable bonds is 12. The molecule has 2 aromatic rings. The third-order valence-electron chi connectivity index (χ3n) is 5.95. The maximum absolute atomic E-state index is 13.4. The molecule has 1 fully saturated rings. The average Bonchev–Trinajstić information content (AvgIpc) is 2.88. The van der Waals surface area contributed by atoms with Crippen molar-refractivity contribution < 1.29 is 27.8 Å². The standard InChI is InChI=1S/C26H38N4O6S/c1-19(2)16-30(37(33,34)23-10-8-21(27)9-11-23)17-25(31)24(14-20-6-4-3-5-7-20)29-26(32)36-18-22-15-28-12-13-35-22/h3-11,19,22,24-25,28,31H,12-18,27H2,1-2H3,(H,29,32)/t22-,24+,25-/m1/s1. The number of ether oxygens (including phenoxy) is 2. The van der Waals surface area contributed by atoms with Crippen LogP contribution >= 0.6 is 0 Å². The summed E-state index contributed by atoms with van der Waals surface area (Å²) >= 11 is 0. The molecule has 204 valence electrons. The van der Waals surface area contributed by atoms with Crippen LogP contribution in [0, 0.1) is 5.92 Å². The van der Waals surface area contributed by atoms with Crippen LogP contribution in [0.3, 0.4) is 0 Å². The zero-order valence-electron chi connectivity index (χ0n) is 21.4. The molecule has 5 N–H and O–H groups in total. The Morgan fingerprint density at radius 1 is 1.19 bits per heavy atom. The molecule has 1 aliphatic rings. The van der Waals surface area contributed by atoms with Gasteiger partial charge in [-0.25, -0.2) is 13.2 Å². The molecular formula is C26H38N4O6S. The molecule has 0 bridgehead atoms. The number of morpholine rings is 1. The molecule has 0 spiro atoms. The molecule has 0 saturated carbocycles. The lowest BCUT2D eigenvalue weighted by Crippen LogP contribution is -2.51. The van der Waals surface area contributed by atoms with Crippen LogP contribution < -0.4 is 16.4 Å². The van der Waals surface area contributed by atoms with Crippen LogP contribution in [0.2, 0.25) is 0 Å². The van der Waals surface area contributed by atoms with E-state index in [0.717, 1.165) is 12.1 Å². The number of amides is 1. The molecule has 1 saturated heterocycles. The van der Waals surface area contributed by atoms with E-state index in [0.29, 0.717) is 18.8 Å². The molecule has 0 radical (unpaired) electrons. The summed E-state index contributed by atoms with van der Waals surface area (Å²) in [5.74, 6) is 0.00496. The van der Waals surface area contributed by atoms with Gasteiger partial charge < -0.3 is 30.9 Å². The Kier molecular flexibility index (Phi) is 10.7. The number of alkyl carbamates (subject to hydrolysis) is 1. The molecular weight excluding hydrogens is 496 g/mol. The molecule has 0 unspecified atom stereocenters. The number of hydrogen-bond donors (Lipinski definition) is 4. The summed E-state index contributed by atoms with van der Waals surface area (Å²) in [7, 11) is -3.92. The van der Waals surface area contributed by atoms with Gasteiger partial charge >= 0.3 is 6.09 Å². The van der Waals surface area contributed by atoms with Gasteiger partial charge in [-0.1, -0.05) is 44.2 Å². The molecule has 0 aromatic heterocycles. The third kappa shape index (κ3) is 8.97. The number of hydrogen-bond acceptors (Lipinski definition) is 8. The minimum atomic E-state index is -3.92. The first-order valence-corrected chi connectivity index (χ1v) is 13.9. The van der Waals surface area contributed by atoms with Crippen molar-refractivity contribution in [2.75, 3.05) is 45.1 Å². The van der Waals surface area contributed by atoms with Crippen LogP contribution in [0.4, 0.5) is 10.5 Å². The molecule has 1 heterocycles. The fraction of sp³-hybridized carbons (Fsp3) is 0.500. The lowest BCUT2D eigenvalue weighted by atomic mass is 10.0. The van der Waals surface area contributed by atoms with Crippen molar-refractivity contribution in [3.05, 3.63) is 60.2 Å². The lowest BCUT2D eigenvalue weighted by Gasteiger charge is -2.31. The molecule has 0 aliphatic carbocycles. The number of nitrogens with two attached hydrogens (primary N) is 1. The van der Waals surface area contributed by atoms with E-state index in [-0.39, 0.29) is 43.0 Å². The number of benzene rings is 2. The highest BCUT2D eigenvalue weighted by Crippen LogP contribution is 2.20. The van der Waals surface area contributed by atoms with Gasteiger partial charge in [-0.2, -0.15) is 4.31 Å². The van der Waals surface area contributed by atoms with Gasteiger partial charge in [0.1, 0.15) is 12.7 Å². The van der Waals surface area contributed by atoms with E-state index in [1.54, 1.807) is 0 Å². The number of nitrogen functional groups attached to an aromatic ring is 1. The fourth-order valence-corrected chi connectivity index (χ4v) is 5.66. The van der Waals surface area contributed by atoms with Crippen molar-refractivity contribution in [2.45, 2.75) is 43.4 Å². The lowest BCUT2D eigenvalue weighted by molar-refractivity contribution is -0.0136. The molecule has 3 atom stereocenters. The zero-order chi connectivity index (χ0) is 26.8. The molecule has 1 amide bonds. The van der Waals surface area contributed by atoms with Gasteiger partial charge in [0.25, 0.3) is 0 Å². The maximum Gasteiger partial charge on any atom is 0.407 e. The normalized spacial score (nSPS) is 17.9. The summed E-state index contributed by atoms with van der Waals surface area (Å²) in [5.41, 5.74) is 7.06. The molecule has 10 nitrogen and oxygen atoms in total. The summed E-state index contributed by atoms with van der Waals surface area (Å²) < 4.78 is 39.0. The Labute approximate surface area is 219 Å². The summed E-state index contributed by atoms with van der Waals surface area (Å²) in [5, 5.41) is 17.2. The van der Waals surface area contributed by atoms with Gasteiger partial charge in [-0.05, 0) is 42.2 Å². The second-order valence-corrected chi connectivity index (χ2v) is 11.5. The van der Waals surface area contributed by atoms with Crippen LogP contribution in [0.15, 0.2) is 59.5 Å². The van der Waals surface area contributed by atoms with Crippen LogP contribution in [0.5, 0.6) is 0 Å². The third-order valence-corrected chi connectivity index (χ3v) is 7.79. The smallest absolute Gasteiger partial charge is 0.407 e. The average molecular weight is 535 g/mol. The van der Waals surface area contributed by atoms with Crippen molar-refractivity contribution in [1.82, 2.24) is 14.9 Å². The number of carbonyl (C=O) groups excluding carboxylic acids is 1. The first-order chi connectivity index (χ1) is 17.6. The Morgan fingerprint density at radius 3 is 2.51 bits per heavy atom. The monoisotopic (exact) mass is 534 g/mol. The van der Waals surface area contributed by atoms with Gasteiger partial charge in [0, 0.05) is 31.9 Å². The molecule has 11 heteroatoms. The van der Waals surface area contributed by atoms with Crippen molar-refractivity contribution in [1.29, 1.82) is 0 Å². The number of nitrogens with zero attached hydrogens (tertiary/aromatic N) is 1. The van der Waals surface area contributed by atoms with Gasteiger partial charge in [0.05, 0.1) is 23.6 Å². The minimum Gasteiger partial charge on any atom is -0.447 e. The Hall–Kier alpha value is -2.70. The first-order valence-electron chi connectivity index (χ1n) is 12.5. The second-order valence-electron chi connectivity index (χ2n) is 9.59. The number of sulfonamides is 1. The Morgan fingerprint density at radius 2 is 1.89 bits per heavy atom. The van der Waals surface area contributed by atoms with E-state index >= 15 is 0 Å². The Bertz CT molecular complexity index is 1080. The number of aliphatic hydroxyl groups excluding tert-OH is 1. The van der Waals surface area contributed by atoms with Gasteiger partial charge in [0.2, 0.25) is 10.0 Å². The molecule has 3 rings (SSSR count). The largest absolute Gasteiger partial charge is 0.447 e. The van der Waals surface area contributed by atoms with E-state index < -0.39 is 28.3 Å². The quantitative estimate of drug-likeness (QED) is 0.301. The molecule has 2 aromatic carbocycles. The highest BCUT2D eigenvalue weighted by molar-refractivity contribution is 7.89. The van der Waals surface area contributed by atoms with E-state index in [4.69, 9.17) is 15.2 Å². The number of nitrogens with one attached hydrogen (secondary N) is 2. The van der Waals surface area contributed by atoms with Gasteiger partial charge in [-0.3, -0.25) is 0 Å². The van der Waals surface area contributed by atoms with E-state index in [1.807, 2.05) is 44.2 Å². The van der Waals surface area contributed by atoms with E-state index in [2.05, 4.69) is 10.6 Å². The van der Waals surface area contributed by atoms with Gasteiger partial charge in [-0.15, -0.1) is 0 Å². The van der Waals surface area contributed by atoms with Crippen LogP contribution in [0.25, 0.3) is 0 Å². The van der Waals surface area contributed by atoms with Crippen LogP contribution in [-0.4, -0.2) is 81.6 Å². The minimum absolute atomic E-state index is 0.00496. The fourth-order valence-electron chi connectivity index (χ4n) is 4.04. The number of carbonyl (C=O) groups is 1. The van der Waals surface area contributed by atoms with E-state index in [1.165, 1.54) is 28.6 Å². The Balaban J connectivity index is 1.75. The summed E-state index contributed by atoms with van der Waals surface area (Å²) in [6, 6.07) is 14.5. The SMILES string of the molecule is CC(C)CN(C[C@@H](O)[C@H](Cc1ccccc1)NC(=O)OC[C@H]1CNCCO1)S(=O)(=O)c1ccc(N)cc1. The predicted octanol–water partition coefficient (Wildman–Crippen LogP) is 1.60. The highest BCUT2D eigenvalue weighted by atomic mass is 32.2. The first kappa shape index (κ1) is 28.9. The summed E-state index contributed by atoms with van der Waals surface area (Å²) in [6.45, 7) is 5.72. The zero-order valence-corrected chi connectivity index (χ0v) is 22.2. The topological polar surface area (TPSA) is 143 Å². The van der Waals surface area contributed by atoms with E-state index in [9.17, 15) is 18.3 Å². The maximum atomic E-state index is 13.4. The van der Waals surface area contributed by atoms with Crippen molar-refractivity contribution >= 4 is 21.8 Å².